The maximum Gasteiger partial charge on any atom is 0.126 e. The minimum Gasteiger partial charge on any atom is -0.384 e. The third kappa shape index (κ3) is 0.861. The topological polar surface area (TPSA) is 83.4 Å². The molecule has 0 saturated heterocycles. The second kappa shape index (κ2) is 2.12. The van der Waals surface area contributed by atoms with E-state index in [1.165, 1.54) is 0 Å². The Labute approximate surface area is 62.6 Å². The fourth-order valence-corrected chi connectivity index (χ4v) is 0.924. The van der Waals surface area contributed by atoms with Gasteiger partial charge in [-0.3, -0.25) is 10.2 Å². The van der Waals surface area contributed by atoms with Crippen LogP contribution in [-0.2, 0) is 0 Å². The van der Waals surface area contributed by atoms with Crippen molar-refractivity contribution in [3.63, 3.8) is 0 Å². The molecule has 0 aliphatic carbocycles. The summed E-state index contributed by atoms with van der Waals surface area (Å²) in [5, 5.41) is 12.9. The molecule has 0 saturated carbocycles. The normalized spacial score (nSPS) is 10.2. The molecule has 2 aromatic heterocycles. The molecule has 0 unspecified atom stereocenters. The van der Waals surface area contributed by atoms with Gasteiger partial charge in [-0.25, -0.2) is 0 Å². The van der Waals surface area contributed by atoms with Crippen molar-refractivity contribution in [2.24, 2.45) is 0 Å². The van der Waals surface area contributed by atoms with E-state index >= 15 is 0 Å². The van der Waals surface area contributed by atoms with Gasteiger partial charge in [0.15, 0.2) is 0 Å². The summed E-state index contributed by atoms with van der Waals surface area (Å²) in [5.74, 6) is 0.561. The van der Waals surface area contributed by atoms with Crippen molar-refractivity contribution in [3.8, 4) is 11.1 Å². The number of anilines is 1. The first-order chi connectivity index (χ1) is 5.38. The zero-order valence-electron chi connectivity index (χ0n) is 5.70. The maximum absolute atomic E-state index is 5.57. The van der Waals surface area contributed by atoms with E-state index < -0.39 is 0 Å². The number of nitrogen functional groups attached to an aromatic ring is 1. The Morgan fingerprint density at radius 3 is 2.73 bits per heavy atom. The summed E-state index contributed by atoms with van der Waals surface area (Å²) in [6.45, 7) is 0. The van der Waals surface area contributed by atoms with E-state index in [4.69, 9.17) is 5.73 Å². The summed E-state index contributed by atoms with van der Waals surface area (Å²) in [5.41, 5.74) is 7.39. The van der Waals surface area contributed by atoms with Crippen LogP contribution in [0.2, 0.25) is 0 Å². The molecular formula is C6H7N5. The smallest absolute Gasteiger partial charge is 0.126 e. The van der Waals surface area contributed by atoms with Crippen LogP contribution >= 0.6 is 0 Å². The Kier molecular flexibility index (Phi) is 1.15. The predicted octanol–water partition coefficient (Wildman–Crippen LogP) is 0.382. The van der Waals surface area contributed by atoms with Crippen LogP contribution in [0.5, 0.6) is 0 Å². The van der Waals surface area contributed by atoms with Gasteiger partial charge in [-0.05, 0) is 0 Å². The Morgan fingerprint density at radius 2 is 2.18 bits per heavy atom. The predicted molar refractivity (Wildman–Crippen MR) is 40.6 cm³/mol. The van der Waals surface area contributed by atoms with Crippen LogP contribution in [0.15, 0.2) is 18.6 Å². The maximum atomic E-state index is 5.57. The molecule has 0 fully saturated rings. The number of aromatic nitrogens is 4. The average Bonchev–Trinajstić information content (AvgIpc) is 2.55. The van der Waals surface area contributed by atoms with Gasteiger partial charge in [0.05, 0.1) is 12.4 Å². The minimum atomic E-state index is 0.561. The first-order valence-electron chi connectivity index (χ1n) is 3.16. The van der Waals surface area contributed by atoms with Crippen LogP contribution in [0.1, 0.15) is 0 Å². The van der Waals surface area contributed by atoms with Gasteiger partial charge in [0.1, 0.15) is 5.82 Å². The minimum absolute atomic E-state index is 0.561. The quantitative estimate of drug-likeness (QED) is 0.548. The number of nitrogens with one attached hydrogen (secondary N) is 2. The van der Waals surface area contributed by atoms with Crippen LogP contribution in [0, 0.1) is 0 Å². The molecular weight excluding hydrogens is 142 g/mol. The Balaban J connectivity index is 2.53. The average molecular weight is 149 g/mol. The molecule has 5 nitrogen and oxygen atoms in total. The molecule has 0 aliphatic heterocycles. The lowest BCUT2D eigenvalue weighted by Gasteiger charge is -1.89. The number of nitrogens with two attached hydrogens (primary N) is 1. The number of hydrogen-bond acceptors (Lipinski definition) is 3. The molecule has 5 heteroatoms. The molecule has 2 rings (SSSR count). The van der Waals surface area contributed by atoms with Crippen LogP contribution in [0.3, 0.4) is 0 Å². The number of nitrogens with zero attached hydrogens (tertiary/aromatic N) is 2. The summed E-state index contributed by atoms with van der Waals surface area (Å²) < 4.78 is 0. The van der Waals surface area contributed by atoms with Gasteiger partial charge in [-0.15, -0.1) is 0 Å². The summed E-state index contributed by atoms with van der Waals surface area (Å²) in [6, 6.07) is 0. The second-order valence-electron chi connectivity index (χ2n) is 2.18. The third-order valence-electron chi connectivity index (χ3n) is 1.48. The van der Waals surface area contributed by atoms with Crippen LogP contribution < -0.4 is 5.73 Å². The molecule has 56 valence electrons. The van der Waals surface area contributed by atoms with Crippen molar-refractivity contribution < 1.29 is 0 Å². The molecule has 0 atom stereocenters. The van der Waals surface area contributed by atoms with Crippen molar-refractivity contribution in [2.75, 3.05) is 5.73 Å². The zero-order valence-corrected chi connectivity index (χ0v) is 5.70. The SMILES string of the molecule is Nc1[nH]ncc1-c1cn[nH]c1. The highest BCUT2D eigenvalue weighted by Gasteiger charge is 2.03. The van der Waals surface area contributed by atoms with Crippen LogP contribution in [0.4, 0.5) is 5.82 Å². The largest absolute Gasteiger partial charge is 0.384 e. The van der Waals surface area contributed by atoms with E-state index in [1.54, 1.807) is 18.6 Å². The van der Waals surface area contributed by atoms with Gasteiger partial charge in [0.2, 0.25) is 0 Å². The molecule has 2 aromatic rings. The summed E-state index contributed by atoms with van der Waals surface area (Å²) >= 11 is 0. The zero-order chi connectivity index (χ0) is 7.68. The first-order valence-corrected chi connectivity index (χ1v) is 3.16. The summed E-state index contributed by atoms with van der Waals surface area (Å²) in [6.07, 6.45) is 5.13. The van der Waals surface area contributed by atoms with Gasteiger partial charge in [-0.2, -0.15) is 10.2 Å². The summed E-state index contributed by atoms with van der Waals surface area (Å²) in [4.78, 5) is 0. The molecule has 0 spiro atoms. The van der Waals surface area contributed by atoms with Gasteiger partial charge < -0.3 is 5.73 Å². The number of H-pyrrole nitrogens is 2. The first kappa shape index (κ1) is 5.96. The number of aromatic amines is 2. The molecule has 0 aromatic carbocycles. The second-order valence-corrected chi connectivity index (χ2v) is 2.18. The van der Waals surface area contributed by atoms with Crippen molar-refractivity contribution >= 4 is 5.82 Å². The lowest BCUT2D eigenvalue weighted by molar-refractivity contribution is 1.09. The van der Waals surface area contributed by atoms with E-state index in [1.807, 2.05) is 0 Å². The van der Waals surface area contributed by atoms with Gasteiger partial charge in [-0.1, -0.05) is 0 Å². The third-order valence-corrected chi connectivity index (χ3v) is 1.48. The Bertz CT molecular complexity index is 333. The molecule has 0 radical (unpaired) electrons. The fourth-order valence-electron chi connectivity index (χ4n) is 0.924. The molecule has 2 heterocycles. The van der Waals surface area contributed by atoms with Crippen molar-refractivity contribution in [1.82, 2.24) is 20.4 Å². The van der Waals surface area contributed by atoms with E-state index in [0.29, 0.717) is 5.82 Å². The van der Waals surface area contributed by atoms with Crippen molar-refractivity contribution in [3.05, 3.63) is 18.6 Å². The monoisotopic (exact) mass is 149 g/mol. The Hall–Kier alpha value is -1.78. The molecule has 0 amide bonds. The van der Waals surface area contributed by atoms with Gasteiger partial charge in [0.25, 0.3) is 0 Å². The lowest BCUT2D eigenvalue weighted by Crippen LogP contribution is -1.86. The van der Waals surface area contributed by atoms with Crippen molar-refractivity contribution in [2.45, 2.75) is 0 Å². The number of rotatable bonds is 1. The molecule has 0 bridgehead atoms. The van der Waals surface area contributed by atoms with Crippen LogP contribution in [0.25, 0.3) is 11.1 Å². The standard InChI is InChI=1S/C6H7N5/c7-6-5(3-10-11-6)4-1-8-9-2-4/h1-3H,(H,8,9)(H3,7,10,11). The van der Waals surface area contributed by atoms with E-state index in [2.05, 4.69) is 20.4 Å². The van der Waals surface area contributed by atoms with E-state index in [-0.39, 0.29) is 0 Å². The van der Waals surface area contributed by atoms with E-state index in [9.17, 15) is 0 Å². The summed E-state index contributed by atoms with van der Waals surface area (Å²) in [7, 11) is 0. The van der Waals surface area contributed by atoms with Gasteiger partial charge in [0, 0.05) is 17.3 Å². The lowest BCUT2D eigenvalue weighted by atomic mass is 10.2. The molecule has 0 aliphatic rings. The number of hydrogen-bond donors (Lipinski definition) is 3. The van der Waals surface area contributed by atoms with E-state index in [0.717, 1.165) is 11.1 Å². The van der Waals surface area contributed by atoms with Gasteiger partial charge >= 0.3 is 0 Å². The molecule has 11 heavy (non-hydrogen) atoms. The highest BCUT2D eigenvalue weighted by molar-refractivity contribution is 5.71. The Morgan fingerprint density at radius 1 is 1.27 bits per heavy atom. The fraction of sp³-hybridized carbons (Fsp3) is 0. The van der Waals surface area contributed by atoms with Crippen molar-refractivity contribution in [1.29, 1.82) is 0 Å². The molecule has 4 N–H and O–H groups in total. The highest BCUT2D eigenvalue weighted by Crippen LogP contribution is 2.21. The van der Waals surface area contributed by atoms with Crippen LogP contribution in [-0.4, -0.2) is 20.4 Å². The highest BCUT2D eigenvalue weighted by atomic mass is 15.1.